The summed E-state index contributed by atoms with van der Waals surface area (Å²) in [6, 6.07) is 0. The van der Waals surface area contributed by atoms with E-state index in [1.165, 1.54) is 0 Å². The van der Waals surface area contributed by atoms with E-state index in [4.69, 9.17) is 9.63 Å². The molecule has 2 aliphatic rings. The van der Waals surface area contributed by atoms with Gasteiger partial charge in [0.05, 0.1) is 22.5 Å². The number of aliphatic carboxylic acids is 1. The van der Waals surface area contributed by atoms with Crippen molar-refractivity contribution < 1.29 is 29.1 Å². The number of rotatable bonds is 6. The summed E-state index contributed by atoms with van der Waals surface area (Å²) in [5.74, 6) is -0.849. The highest BCUT2D eigenvalue weighted by molar-refractivity contribution is 6.23. The number of aliphatic hydroxyl groups is 1. The quantitative estimate of drug-likeness (QED) is 0.744. The largest absolute Gasteiger partial charge is 0.511 e. The normalized spacial score (nSPS) is 18.2. The highest BCUT2D eigenvalue weighted by Gasteiger charge is 2.28. The molecular weight excluding hydrogens is 340 g/mol. The van der Waals surface area contributed by atoms with Gasteiger partial charge in [-0.2, -0.15) is 0 Å². The Hall–Kier alpha value is -2.77. The average molecular weight is 360 g/mol. The summed E-state index contributed by atoms with van der Waals surface area (Å²) in [5.41, 5.74) is 1.36. The van der Waals surface area contributed by atoms with Crippen molar-refractivity contribution in [2.45, 2.75) is 51.4 Å². The zero-order valence-corrected chi connectivity index (χ0v) is 14.3. The lowest BCUT2D eigenvalue weighted by Crippen LogP contribution is -2.21. The molecular formula is C18H20N2O6. The van der Waals surface area contributed by atoms with Crippen molar-refractivity contribution in [2.75, 3.05) is 6.54 Å². The van der Waals surface area contributed by atoms with E-state index in [0.717, 1.165) is 6.42 Å². The van der Waals surface area contributed by atoms with Crippen molar-refractivity contribution in [1.29, 1.82) is 0 Å². The summed E-state index contributed by atoms with van der Waals surface area (Å²) < 4.78 is 5.24. The fourth-order valence-electron chi connectivity index (χ4n) is 3.39. The third-order valence-corrected chi connectivity index (χ3v) is 4.60. The molecule has 0 aliphatic heterocycles. The van der Waals surface area contributed by atoms with E-state index in [2.05, 4.69) is 10.1 Å². The first-order valence-electron chi connectivity index (χ1n) is 8.68. The Labute approximate surface area is 149 Å². The number of hydrogen-bond donors (Lipinski definition) is 2. The average Bonchev–Trinajstić information content (AvgIpc) is 3.01. The molecule has 0 fully saturated rings. The molecule has 2 N–H and O–H groups in total. The van der Waals surface area contributed by atoms with Crippen LogP contribution in [0.5, 0.6) is 0 Å². The lowest BCUT2D eigenvalue weighted by Gasteiger charge is -2.17. The smallest absolute Gasteiger partial charge is 0.325 e. The van der Waals surface area contributed by atoms with Crippen LogP contribution in [0.25, 0.3) is 0 Å². The Balaban J connectivity index is 1.85. The van der Waals surface area contributed by atoms with Gasteiger partial charge in [-0.3, -0.25) is 19.4 Å². The molecule has 0 saturated carbocycles. The van der Waals surface area contributed by atoms with E-state index in [1.807, 2.05) is 0 Å². The van der Waals surface area contributed by atoms with E-state index in [0.29, 0.717) is 49.1 Å². The standard InChI is InChI=1S/C18H20N2O6/c21-12-3-1-4-13(22)17(12)10(19-9-16(24)25)7-8-11-18-14(23)5-2-6-15(18)26-20-11/h21H,1-9H2,(H,24,25). The summed E-state index contributed by atoms with van der Waals surface area (Å²) in [5, 5.41) is 23.0. The van der Waals surface area contributed by atoms with Crippen LogP contribution in [-0.2, 0) is 22.4 Å². The van der Waals surface area contributed by atoms with Gasteiger partial charge in [0.2, 0.25) is 0 Å². The van der Waals surface area contributed by atoms with E-state index in [-0.39, 0.29) is 41.5 Å². The topological polar surface area (TPSA) is 130 Å². The van der Waals surface area contributed by atoms with Crippen molar-refractivity contribution in [3.8, 4) is 0 Å². The molecule has 0 bridgehead atoms. The third kappa shape index (κ3) is 3.74. The van der Waals surface area contributed by atoms with Crippen LogP contribution in [0.1, 0.15) is 60.3 Å². The number of ketones is 2. The number of nitrogens with zero attached hydrogens (tertiary/aromatic N) is 2. The number of carboxylic acid groups (broad SMARTS) is 1. The number of carboxylic acids is 1. The van der Waals surface area contributed by atoms with Crippen LogP contribution in [0.2, 0.25) is 0 Å². The first-order valence-corrected chi connectivity index (χ1v) is 8.68. The molecule has 0 saturated heterocycles. The van der Waals surface area contributed by atoms with Gasteiger partial charge >= 0.3 is 5.97 Å². The molecule has 0 unspecified atom stereocenters. The molecule has 2 aliphatic carbocycles. The maximum Gasteiger partial charge on any atom is 0.325 e. The van der Waals surface area contributed by atoms with Crippen LogP contribution in [0.4, 0.5) is 0 Å². The summed E-state index contributed by atoms with van der Waals surface area (Å²) in [6.45, 7) is -0.491. The molecule has 8 heteroatoms. The maximum atomic E-state index is 12.2. The predicted octanol–water partition coefficient (Wildman–Crippen LogP) is 2.22. The number of aromatic nitrogens is 1. The third-order valence-electron chi connectivity index (χ3n) is 4.60. The lowest BCUT2D eigenvalue weighted by molar-refractivity contribution is -0.135. The summed E-state index contributed by atoms with van der Waals surface area (Å²) in [4.78, 5) is 39.2. The molecule has 3 rings (SSSR count). The summed E-state index contributed by atoms with van der Waals surface area (Å²) in [7, 11) is 0. The number of carbonyl (C=O) groups is 3. The van der Waals surface area contributed by atoms with Gasteiger partial charge in [0.15, 0.2) is 11.6 Å². The highest BCUT2D eigenvalue weighted by atomic mass is 16.5. The maximum absolute atomic E-state index is 12.2. The molecule has 1 heterocycles. The molecule has 26 heavy (non-hydrogen) atoms. The first kappa shape index (κ1) is 18.0. The van der Waals surface area contributed by atoms with Gasteiger partial charge in [0.25, 0.3) is 0 Å². The van der Waals surface area contributed by atoms with E-state index >= 15 is 0 Å². The van der Waals surface area contributed by atoms with Gasteiger partial charge in [0, 0.05) is 25.7 Å². The van der Waals surface area contributed by atoms with Gasteiger partial charge in [-0.15, -0.1) is 0 Å². The second kappa shape index (κ2) is 7.63. The van der Waals surface area contributed by atoms with Gasteiger partial charge in [-0.25, -0.2) is 0 Å². The Kier molecular flexibility index (Phi) is 5.29. The SMILES string of the molecule is O=C(O)CN=C(CCc1noc2c1C(=O)CCC2)C1=C(O)CCCC1=O. The van der Waals surface area contributed by atoms with Gasteiger partial charge in [-0.05, 0) is 25.7 Å². The molecule has 1 aromatic rings. The number of carbonyl (C=O) groups excluding carboxylic acids is 2. The number of aliphatic imine (C=N–C) groups is 1. The molecule has 0 aromatic carbocycles. The minimum Gasteiger partial charge on any atom is -0.511 e. The number of hydrogen-bond acceptors (Lipinski definition) is 7. The minimum absolute atomic E-state index is 0.0117. The molecule has 138 valence electrons. The van der Waals surface area contributed by atoms with Crippen molar-refractivity contribution in [3.63, 3.8) is 0 Å². The van der Waals surface area contributed by atoms with E-state index in [9.17, 15) is 19.5 Å². The van der Waals surface area contributed by atoms with Crippen molar-refractivity contribution in [1.82, 2.24) is 5.16 Å². The minimum atomic E-state index is -1.13. The van der Waals surface area contributed by atoms with Crippen LogP contribution < -0.4 is 0 Å². The molecule has 0 amide bonds. The van der Waals surface area contributed by atoms with Crippen LogP contribution in [0.3, 0.4) is 0 Å². The van der Waals surface area contributed by atoms with Gasteiger partial charge in [-0.1, -0.05) is 5.16 Å². The Morgan fingerprint density at radius 2 is 1.85 bits per heavy atom. The zero-order valence-electron chi connectivity index (χ0n) is 14.3. The number of allylic oxidation sites excluding steroid dienone is 2. The van der Waals surface area contributed by atoms with E-state index in [1.54, 1.807) is 0 Å². The molecule has 0 atom stereocenters. The highest BCUT2D eigenvalue weighted by Crippen LogP contribution is 2.27. The monoisotopic (exact) mass is 360 g/mol. The number of aliphatic hydroxyl groups excluding tert-OH is 1. The Morgan fingerprint density at radius 3 is 2.58 bits per heavy atom. The Bertz CT molecular complexity index is 818. The number of fused-ring (bicyclic) bond motifs is 1. The second-order valence-electron chi connectivity index (χ2n) is 6.46. The first-order chi connectivity index (χ1) is 12.5. The zero-order chi connectivity index (χ0) is 18.7. The van der Waals surface area contributed by atoms with Crippen LogP contribution in [0, 0.1) is 0 Å². The molecule has 1 aromatic heterocycles. The lowest BCUT2D eigenvalue weighted by atomic mass is 9.89. The Morgan fingerprint density at radius 1 is 1.12 bits per heavy atom. The van der Waals surface area contributed by atoms with Crippen molar-refractivity contribution in [2.24, 2.45) is 4.99 Å². The number of aryl methyl sites for hydroxylation is 2. The van der Waals surface area contributed by atoms with Crippen molar-refractivity contribution in [3.05, 3.63) is 28.3 Å². The predicted molar refractivity (Wildman–Crippen MR) is 90.5 cm³/mol. The van der Waals surface area contributed by atoms with Crippen LogP contribution >= 0.6 is 0 Å². The van der Waals surface area contributed by atoms with Gasteiger partial charge in [0.1, 0.15) is 18.1 Å². The molecule has 0 spiro atoms. The molecule has 0 radical (unpaired) electrons. The fourth-order valence-corrected chi connectivity index (χ4v) is 3.39. The van der Waals surface area contributed by atoms with Crippen molar-refractivity contribution >= 4 is 23.2 Å². The van der Waals surface area contributed by atoms with Crippen LogP contribution in [-0.4, -0.2) is 45.2 Å². The number of Topliss-reactive ketones (excluding diaryl/α,β-unsaturated/α-hetero) is 2. The van der Waals surface area contributed by atoms with Crippen LogP contribution in [0.15, 0.2) is 20.8 Å². The molecule has 8 nitrogen and oxygen atoms in total. The van der Waals surface area contributed by atoms with E-state index < -0.39 is 12.5 Å². The summed E-state index contributed by atoms with van der Waals surface area (Å²) >= 11 is 0. The summed E-state index contributed by atoms with van der Waals surface area (Å²) in [6.07, 6.45) is 3.56. The van der Waals surface area contributed by atoms with Gasteiger partial charge < -0.3 is 14.7 Å². The fraction of sp³-hybridized carbons (Fsp3) is 0.500. The second-order valence-corrected chi connectivity index (χ2v) is 6.46.